The van der Waals surface area contributed by atoms with Crippen molar-refractivity contribution in [2.24, 2.45) is 0 Å². The van der Waals surface area contributed by atoms with Crippen molar-refractivity contribution in [2.45, 2.75) is 12.6 Å². The molecular formula is C14H9BrF3NO. The summed E-state index contributed by atoms with van der Waals surface area (Å²) in [6, 6.07) is 5.95. The quantitative estimate of drug-likeness (QED) is 0.778. The van der Waals surface area contributed by atoms with E-state index < -0.39 is 11.7 Å². The van der Waals surface area contributed by atoms with E-state index >= 15 is 0 Å². The van der Waals surface area contributed by atoms with Crippen molar-refractivity contribution in [2.75, 3.05) is 0 Å². The van der Waals surface area contributed by atoms with Crippen molar-refractivity contribution >= 4 is 21.7 Å². The van der Waals surface area contributed by atoms with E-state index in [4.69, 9.17) is 0 Å². The number of alkyl halides is 3. The second-order valence-corrected chi connectivity index (χ2v) is 5.10. The van der Waals surface area contributed by atoms with E-state index in [0.29, 0.717) is 5.56 Å². The van der Waals surface area contributed by atoms with Crippen LogP contribution in [0.2, 0.25) is 0 Å². The number of aromatic nitrogens is 1. The van der Waals surface area contributed by atoms with E-state index in [2.05, 4.69) is 20.9 Å². The molecule has 1 aromatic carbocycles. The maximum Gasteiger partial charge on any atom is 0.416 e. The SMILES string of the molecule is O=C(Cc1cncc(Br)c1)c1ccc(C(F)(F)F)cc1. The standard InChI is InChI=1S/C14H9BrF3NO/c15-12-5-9(7-19-8-12)6-13(20)10-1-3-11(4-2-10)14(16,17)18/h1-5,7-8H,6H2. The second kappa shape index (κ2) is 5.75. The number of ketones is 1. The number of nitrogens with zero attached hydrogens (tertiary/aromatic N) is 1. The van der Waals surface area contributed by atoms with E-state index in [1.165, 1.54) is 12.1 Å². The van der Waals surface area contributed by atoms with Crippen LogP contribution in [0.1, 0.15) is 21.5 Å². The average Bonchev–Trinajstić information content (AvgIpc) is 2.38. The first-order valence-corrected chi connectivity index (χ1v) is 6.45. The van der Waals surface area contributed by atoms with Crippen molar-refractivity contribution in [3.8, 4) is 0 Å². The first kappa shape index (κ1) is 14.7. The molecule has 2 aromatic rings. The molecule has 104 valence electrons. The average molecular weight is 344 g/mol. The lowest BCUT2D eigenvalue weighted by Crippen LogP contribution is -2.07. The summed E-state index contributed by atoms with van der Waals surface area (Å²) in [6.07, 6.45) is -1.16. The van der Waals surface area contributed by atoms with Crippen LogP contribution in [-0.2, 0) is 12.6 Å². The molecule has 0 spiro atoms. The summed E-state index contributed by atoms with van der Waals surface area (Å²) in [5.74, 6) is -0.251. The number of pyridine rings is 1. The topological polar surface area (TPSA) is 30.0 Å². The summed E-state index contributed by atoms with van der Waals surface area (Å²) in [5.41, 5.74) is 0.181. The maximum atomic E-state index is 12.4. The molecule has 0 saturated carbocycles. The molecule has 2 rings (SSSR count). The van der Waals surface area contributed by atoms with Gasteiger partial charge < -0.3 is 0 Å². The smallest absolute Gasteiger partial charge is 0.294 e. The third kappa shape index (κ3) is 3.66. The minimum Gasteiger partial charge on any atom is -0.294 e. The van der Waals surface area contributed by atoms with Crippen LogP contribution in [0.15, 0.2) is 47.2 Å². The van der Waals surface area contributed by atoms with E-state index in [0.717, 1.165) is 16.6 Å². The number of carbonyl (C=O) groups excluding carboxylic acids is 1. The monoisotopic (exact) mass is 343 g/mol. The molecule has 0 amide bonds. The zero-order chi connectivity index (χ0) is 14.8. The number of rotatable bonds is 3. The van der Waals surface area contributed by atoms with Gasteiger partial charge in [-0.2, -0.15) is 13.2 Å². The summed E-state index contributed by atoms with van der Waals surface area (Å²) < 4.78 is 38.0. The van der Waals surface area contributed by atoms with Crippen LogP contribution in [0, 0.1) is 0 Å². The van der Waals surface area contributed by atoms with Crippen LogP contribution in [-0.4, -0.2) is 10.8 Å². The van der Waals surface area contributed by atoms with Gasteiger partial charge in [-0.25, -0.2) is 0 Å². The lowest BCUT2D eigenvalue weighted by Gasteiger charge is -2.07. The zero-order valence-corrected chi connectivity index (χ0v) is 11.7. The molecule has 0 aliphatic carbocycles. The number of hydrogen-bond acceptors (Lipinski definition) is 2. The molecule has 1 aromatic heterocycles. The summed E-state index contributed by atoms with van der Waals surface area (Å²) >= 11 is 3.24. The number of carbonyl (C=O) groups is 1. The molecule has 0 unspecified atom stereocenters. The fourth-order valence-corrected chi connectivity index (χ4v) is 2.10. The minimum atomic E-state index is -4.39. The highest BCUT2D eigenvalue weighted by atomic mass is 79.9. The minimum absolute atomic E-state index is 0.0950. The van der Waals surface area contributed by atoms with Crippen LogP contribution in [0.4, 0.5) is 13.2 Å². The first-order chi connectivity index (χ1) is 9.36. The Morgan fingerprint density at radius 1 is 1.15 bits per heavy atom. The summed E-state index contributed by atoms with van der Waals surface area (Å²) in [4.78, 5) is 15.9. The van der Waals surface area contributed by atoms with Gasteiger partial charge in [0.05, 0.1) is 5.56 Å². The molecule has 0 aliphatic rings. The van der Waals surface area contributed by atoms with E-state index in [9.17, 15) is 18.0 Å². The Morgan fingerprint density at radius 2 is 1.80 bits per heavy atom. The van der Waals surface area contributed by atoms with Crippen LogP contribution in [0.3, 0.4) is 0 Å². The molecule has 2 nitrogen and oxygen atoms in total. The highest BCUT2D eigenvalue weighted by Gasteiger charge is 2.30. The number of benzene rings is 1. The van der Waals surface area contributed by atoms with Gasteiger partial charge in [-0.3, -0.25) is 9.78 Å². The number of hydrogen-bond donors (Lipinski definition) is 0. The Kier molecular flexibility index (Phi) is 4.23. The van der Waals surface area contributed by atoms with Crippen LogP contribution < -0.4 is 0 Å². The maximum absolute atomic E-state index is 12.4. The van der Waals surface area contributed by atoms with Crippen molar-refractivity contribution in [3.63, 3.8) is 0 Å². The van der Waals surface area contributed by atoms with Gasteiger partial charge in [-0.1, -0.05) is 12.1 Å². The molecule has 0 aliphatic heterocycles. The predicted molar refractivity (Wildman–Crippen MR) is 71.4 cm³/mol. The third-order valence-electron chi connectivity index (χ3n) is 2.66. The summed E-state index contributed by atoms with van der Waals surface area (Å²) in [5, 5.41) is 0. The van der Waals surface area contributed by atoms with Gasteiger partial charge in [0.15, 0.2) is 5.78 Å². The van der Waals surface area contributed by atoms with Gasteiger partial charge >= 0.3 is 6.18 Å². The lowest BCUT2D eigenvalue weighted by atomic mass is 10.0. The van der Waals surface area contributed by atoms with Gasteiger partial charge in [-0.05, 0) is 39.7 Å². The highest BCUT2D eigenvalue weighted by molar-refractivity contribution is 9.10. The van der Waals surface area contributed by atoms with Gasteiger partial charge in [0.1, 0.15) is 0 Å². The van der Waals surface area contributed by atoms with Gasteiger partial charge in [-0.15, -0.1) is 0 Å². The largest absolute Gasteiger partial charge is 0.416 e. The normalized spacial score (nSPS) is 11.4. The highest BCUT2D eigenvalue weighted by Crippen LogP contribution is 2.29. The Morgan fingerprint density at radius 3 is 2.35 bits per heavy atom. The fourth-order valence-electron chi connectivity index (χ4n) is 1.69. The predicted octanol–water partition coefficient (Wildman–Crippen LogP) is 4.29. The second-order valence-electron chi connectivity index (χ2n) is 4.19. The summed E-state index contributed by atoms with van der Waals surface area (Å²) in [7, 11) is 0. The van der Waals surface area contributed by atoms with Crippen LogP contribution >= 0.6 is 15.9 Å². The molecule has 0 radical (unpaired) electrons. The number of halogens is 4. The van der Waals surface area contributed by atoms with Crippen molar-refractivity contribution in [1.82, 2.24) is 4.98 Å². The van der Waals surface area contributed by atoms with Gasteiger partial charge in [0.2, 0.25) is 0 Å². The first-order valence-electron chi connectivity index (χ1n) is 5.66. The van der Waals surface area contributed by atoms with Gasteiger partial charge in [0, 0.05) is 28.9 Å². The molecule has 0 saturated heterocycles. The Balaban J connectivity index is 2.14. The molecule has 6 heteroatoms. The van der Waals surface area contributed by atoms with Crippen molar-refractivity contribution < 1.29 is 18.0 Å². The van der Waals surface area contributed by atoms with E-state index in [1.807, 2.05) is 0 Å². The lowest BCUT2D eigenvalue weighted by molar-refractivity contribution is -0.137. The Hall–Kier alpha value is -1.69. The van der Waals surface area contributed by atoms with E-state index in [-0.39, 0.29) is 17.8 Å². The molecule has 0 bridgehead atoms. The van der Waals surface area contributed by atoms with Crippen molar-refractivity contribution in [1.29, 1.82) is 0 Å². The van der Waals surface area contributed by atoms with Crippen LogP contribution in [0.25, 0.3) is 0 Å². The zero-order valence-electron chi connectivity index (χ0n) is 10.1. The van der Waals surface area contributed by atoms with Gasteiger partial charge in [0.25, 0.3) is 0 Å². The third-order valence-corrected chi connectivity index (χ3v) is 3.09. The number of Topliss-reactive ketones (excluding diaryl/α,β-unsaturated/α-hetero) is 1. The van der Waals surface area contributed by atoms with Crippen molar-refractivity contribution in [3.05, 3.63) is 63.9 Å². The van der Waals surface area contributed by atoms with E-state index in [1.54, 1.807) is 18.5 Å². The molecule has 0 fully saturated rings. The molecular weight excluding hydrogens is 335 g/mol. The summed E-state index contributed by atoms with van der Waals surface area (Å²) in [6.45, 7) is 0. The Bertz CT molecular complexity index is 623. The van der Waals surface area contributed by atoms with Crippen LogP contribution in [0.5, 0.6) is 0 Å². The Labute approximate surface area is 121 Å². The fraction of sp³-hybridized carbons (Fsp3) is 0.143. The molecule has 1 heterocycles. The molecule has 0 atom stereocenters. The molecule has 0 N–H and O–H groups in total. The molecule has 20 heavy (non-hydrogen) atoms.